The molecular formula is C11H11Cl2NO. The molecular weight excluding hydrogens is 233 g/mol. The summed E-state index contributed by atoms with van der Waals surface area (Å²) in [6.45, 7) is 0. The van der Waals surface area contributed by atoms with E-state index in [0.717, 1.165) is 12.8 Å². The summed E-state index contributed by atoms with van der Waals surface area (Å²) < 4.78 is 0. The molecule has 2 nitrogen and oxygen atoms in total. The third kappa shape index (κ3) is 2.50. The van der Waals surface area contributed by atoms with Crippen LogP contribution >= 0.6 is 23.2 Å². The summed E-state index contributed by atoms with van der Waals surface area (Å²) in [5.74, 6) is 0.562. The minimum absolute atomic E-state index is 0.0290. The van der Waals surface area contributed by atoms with Crippen molar-refractivity contribution in [2.75, 3.05) is 0 Å². The molecule has 1 aliphatic rings. The van der Waals surface area contributed by atoms with Crippen LogP contribution in [0.3, 0.4) is 0 Å². The number of hydrogen-bond donors (Lipinski definition) is 0. The molecule has 15 heavy (non-hydrogen) atoms. The second-order valence-corrected chi connectivity index (χ2v) is 4.75. The molecule has 1 aliphatic carbocycles. The fourth-order valence-electron chi connectivity index (χ4n) is 1.68. The average molecular weight is 244 g/mol. The van der Waals surface area contributed by atoms with Crippen molar-refractivity contribution in [3.05, 3.63) is 28.0 Å². The molecule has 0 saturated heterocycles. The number of halogens is 2. The summed E-state index contributed by atoms with van der Waals surface area (Å²) in [7, 11) is 0. The Balaban J connectivity index is 2.10. The van der Waals surface area contributed by atoms with Crippen molar-refractivity contribution >= 4 is 29.0 Å². The van der Waals surface area contributed by atoms with E-state index in [9.17, 15) is 4.79 Å². The van der Waals surface area contributed by atoms with Crippen LogP contribution in [-0.2, 0) is 0 Å². The molecule has 0 amide bonds. The van der Waals surface area contributed by atoms with Crippen molar-refractivity contribution in [1.29, 1.82) is 0 Å². The molecule has 0 radical (unpaired) electrons. The average Bonchev–Trinajstić information content (AvgIpc) is 2.11. The normalized spacial score (nSPS) is 16.1. The second-order valence-electron chi connectivity index (χ2n) is 3.91. The van der Waals surface area contributed by atoms with Crippen LogP contribution in [0.2, 0.25) is 10.0 Å². The third-order valence-electron chi connectivity index (χ3n) is 2.77. The van der Waals surface area contributed by atoms with Crippen molar-refractivity contribution in [2.45, 2.75) is 25.7 Å². The maximum absolute atomic E-state index is 11.8. The van der Waals surface area contributed by atoms with Gasteiger partial charge in [0.25, 0.3) is 0 Å². The molecule has 4 heteroatoms. The number of pyridine rings is 1. The summed E-state index contributed by atoms with van der Waals surface area (Å²) >= 11 is 11.6. The molecule has 0 bridgehead atoms. The SMILES string of the molecule is O=C(CC1CCC1)c1ncc(Cl)cc1Cl. The second kappa shape index (κ2) is 4.50. The lowest BCUT2D eigenvalue weighted by molar-refractivity contribution is 0.0932. The van der Waals surface area contributed by atoms with Gasteiger partial charge in [0, 0.05) is 12.6 Å². The summed E-state index contributed by atoms with van der Waals surface area (Å²) in [5, 5.41) is 0.812. The molecule has 1 heterocycles. The molecule has 1 fully saturated rings. The Bertz CT molecular complexity index is 388. The van der Waals surface area contributed by atoms with E-state index < -0.39 is 0 Å². The van der Waals surface area contributed by atoms with Gasteiger partial charge in [0.05, 0.1) is 10.0 Å². The van der Waals surface area contributed by atoms with E-state index >= 15 is 0 Å². The number of rotatable bonds is 3. The first-order valence-corrected chi connectivity index (χ1v) is 5.76. The van der Waals surface area contributed by atoms with Crippen molar-refractivity contribution in [3.63, 3.8) is 0 Å². The molecule has 0 unspecified atom stereocenters. The van der Waals surface area contributed by atoms with E-state index in [1.165, 1.54) is 12.6 Å². The maximum Gasteiger partial charge on any atom is 0.182 e. The van der Waals surface area contributed by atoms with Gasteiger partial charge in [-0.05, 0) is 12.0 Å². The standard InChI is InChI=1S/C11H11Cl2NO/c12-8-5-9(13)11(14-6-8)10(15)4-7-2-1-3-7/h5-7H,1-4H2. The van der Waals surface area contributed by atoms with Gasteiger partial charge < -0.3 is 0 Å². The van der Waals surface area contributed by atoms with E-state index in [-0.39, 0.29) is 5.78 Å². The number of hydrogen-bond acceptors (Lipinski definition) is 2. The Labute approximate surface area is 98.6 Å². The minimum atomic E-state index is 0.0290. The quantitative estimate of drug-likeness (QED) is 0.757. The van der Waals surface area contributed by atoms with Crippen LogP contribution in [-0.4, -0.2) is 10.8 Å². The smallest absolute Gasteiger partial charge is 0.182 e. The first-order chi connectivity index (χ1) is 7.16. The van der Waals surface area contributed by atoms with Gasteiger partial charge in [0.1, 0.15) is 5.69 Å². The predicted molar refractivity (Wildman–Crippen MR) is 60.5 cm³/mol. The van der Waals surface area contributed by atoms with E-state index in [4.69, 9.17) is 23.2 Å². The highest BCUT2D eigenvalue weighted by Crippen LogP contribution is 2.31. The Morgan fingerprint density at radius 2 is 2.20 bits per heavy atom. The lowest BCUT2D eigenvalue weighted by Gasteiger charge is -2.24. The summed E-state index contributed by atoms with van der Waals surface area (Å²) in [6, 6.07) is 1.56. The van der Waals surface area contributed by atoms with Gasteiger partial charge in [-0.15, -0.1) is 0 Å². The number of carbonyl (C=O) groups excluding carboxylic acids is 1. The fourth-order valence-corrected chi connectivity index (χ4v) is 2.16. The van der Waals surface area contributed by atoms with Crippen LogP contribution in [0.5, 0.6) is 0 Å². The molecule has 0 atom stereocenters. The first kappa shape index (κ1) is 10.9. The Hall–Kier alpha value is -0.600. The van der Waals surface area contributed by atoms with Crippen molar-refractivity contribution in [1.82, 2.24) is 4.98 Å². The van der Waals surface area contributed by atoms with Gasteiger partial charge in [-0.3, -0.25) is 9.78 Å². The molecule has 0 N–H and O–H groups in total. The highest BCUT2D eigenvalue weighted by Gasteiger charge is 2.23. The highest BCUT2D eigenvalue weighted by atomic mass is 35.5. The van der Waals surface area contributed by atoms with Crippen molar-refractivity contribution < 1.29 is 4.79 Å². The summed E-state index contributed by atoms with van der Waals surface area (Å²) in [4.78, 5) is 15.8. The van der Waals surface area contributed by atoms with Crippen LogP contribution in [0, 0.1) is 5.92 Å². The summed E-state index contributed by atoms with van der Waals surface area (Å²) in [5.41, 5.74) is 0.355. The number of ketones is 1. The number of Topliss-reactive ketones (excluding diaryl/α,β-unsaturated/α-hetero) is 1. The fraction of sp³-hybridized carbons (Fsp3) is 0.455. The summed E-state index contributed by atoms with van der Waals surface area (Å²) in [6.07, 6.45) is 5.56. The van der Waals surface area contributed by atoms with Crippen LogP contribution in [0.15, 0.2) is 12.3 Å². The lowest BCUT2D eigenvalue weighted by Crippen LogP contribution is -2.16. The molecule has 0 spiro atoms. The monoisotopic (exact) mass is 243 g/mol. The lowest BCUT2D eigenvalue weighted by atomic mass is 9.81. The van der Waals surface area contributed by atoms with Crippen LogP contribution < -0.4 is 0 Å². The predicted octanol–water partition coefficient (Wildman–Crippen LogP) is 3.76. The van der Waals surface area contributed by atoms with Crippen LogP contribution in [0.4, 0.5) is 0 Å². The van der Waals surface area contributed by atoms with Crippen molar-refractivity contribution in [2.24, 2.45) is 5.92 Å². The van der Waals surface area contributed by atoms with Gasteiger partial charge in [-0.25, -0.2) is 0 Å². The molecule has 1 saturated carbocycles. The largest absolute Gasteiger partial charge is 0.292 e. The number of carbonyl (C=O) groups is 1. The Morgan fingerprint density at radius 3 is 2.73 bits per heavy atom. The number of nitrogens with zero attached hydrogens (tertiary/aromatic N) is 1. The molecule has 0 aliphatic heterocycles. The van der Waals surface area contributed by atoms with Gasteiger partial charge in [-0.2, -0.15) is 0 Å². The van der Waals surface area contributed by atoms with Gasteiger partial charge in [0.2, 0.25) is 0 Å². The Kier molecular flexibility index (Phi) is 3.27. The van der Waals surface area contributed by atoms with Crippen LogP contribution in [0.25, 0.3) is 0 Å². The highest BCUT2D eigenvalue weighted by molar-refractivity contribution is 6.36. The van der Waals surface area contributed by atoms with Gasteiger partial charge in [-0.1, -0.05) is 42.5 Å². The van der Waals surface area contributed by atoms with Gasteiger partial charge >= 0.3 is 0 Å². The van der Waals surface area contributed by atoms with E-state index in [0.29, 0.717) is 28.1 Å². The van der Waals surface area contributed by atoms with Crippen molar-refractivity contribution in [3.8, 4) is 0 Å². The molecule has 0 aromatic carbocycles. The van der Waals surface area contributed by atoms with E-state index in [1.54, 1.807) is 6.07 Å². The van der Waals surface area contributed by atoms with E-state index in [1.807, 2.05) is 0 Å². The molecule has 1 aromatic rings. The third-order valence-corrected chi connectivity index (χ3v) is 3.27. The zero-order valence-corrected chi connectivity index (χ0v) is 9.68. The first-order valence-electron chi connectivity index (χ1n) is 5.01. The zero-order valence-electron chi connectivity index (χ0n) is 8.17. The topological polar surface area (TPSA) is 30.0 Å². The minimum Gasteiger partial charge on any atom is -0.292 e. The van der Waals surface area contributed by atoms with Crippen LogP contribution in [0.1, 0.15) is 36.2 Å². The molecule has 1 aromatic heterocycles. The Morgan fingerprint density at radius 1 is 1.47 bits per heavy atom. The molecule has 80 valence electrons. The zero-order chi connectivity index (χ0) is 10.8. The number of aromatic nitrogens is 1. The van der Waals surface area contributed by atoms with Gasteiger partial charge in [0.15, 0.2) is 5.78 Å². The molecule has 2 rings (SSSR count). The van der Waals surface area contributed by atoms with E-state index in [2.05, 4.69) is 4.98 Å². The maximum atomic E-state index is 11.8.